The summed E-state index contributed by atoms with van der Waals surface area (Å²) in [5.74, 6) is 0.874. The third kappa shape index (κ3) is 4.74. The van der Waals surface area contributed by atoms with Crippen LogP contribution in [-0.2, 0) is 11.3 Å². The smallest absolute Gasteiger partial charge is 0.317 e. The van der Waals surface area contributed by atoms with Crippen molar-refractivity contribution in [1.29, 1.82) is 0 Å². The van der Waals surface area contributed by atoms with E-state index in [1.165, 1.54) is 0 Å². The molecule has 2 heterocycles. The highest BCUT2D eigenvalue weighted by atomic mass is 32.1. The van der Waals surface area contributed by atoms with E-state index in [1.54, 1.807) is 22.4 Å². The highest BCUT2D eigenvalue weighted by molar-refractivity contribution is 7.09. The van der Waals surface area contributed by atoms with Gasteiger partial charge in [0.15, 0.2) is 0 Å². The first-order valence-corrected chi connectivity index (χ1v) is 9.81. The van der Waals surface area contributed by atoms with Gasteiger partial charge in [-0.25, -0.2) is 9.78 Å². The van der Waals surface area contributed by atoms with Gasteiger partial charge in [-0.2, -0.15) is 0 Å². The van der Waals surface area contributed by atoms with Gasteiger partial charge in [-0.1, -0.05) is 13.0 Å². The quantitative estimate of drug-likeness (QED) is 0.839. The molecule has 1 fully saturated rings. The first-order valence-electron chi connectivity index (χ1n) is 8.93. The second kappa shape index (κ2) is 9.00. The van der Waals surface area contributed by atoms with Gasteiger partial charge < -0.3 is 19.7 Å². The molecule has 0 radical (unpaired) electrons. The van der Waals surface area contributed by atoms with Crippen LogP contribution in [-0.4, -0.2) is 42.2 Å². The van der Waals surface area contributed by atoms with Crippen LogP contribution >= 0.6 is 11.3 Å². The Labute approximate surface area is 158 Å². The normalized spacial score (nSPS) is 17.2. The van der Waals surface area contributed by atoms with E-state index in [0.717, 1.165) is 28.3 Å². The number of urea groups is 1. The fraction of sp³-hybridized carbons (Fsp3) is 0.474. The number of aryl methyl sites for hydroxylation is 1. The highest BCUT2D eigenvalue weighted by Gasteiger charge is 2.26. The summed E-state index contributed by atoms with van der Waals surface area (Å²) in [6.07, 6.45) is 2.61. The monoisotopic (exact) mass is 375 g/mol. The third-order valence-electron chi connectivity index (χ3n) is 4.30. The molecule has 26 heavy (non-hydrogen) atoms. The van der Waals surface area contributed by atoms with Gasteiger partial charge in [-0.15, -0.1) is 11.3 Å². The number of ether oxygens (including phenoxy) is 2. The van der Waals surface area contributed by atoms with Gasteiger partial charge in [0.1, 0.15) is 16.9 Å². The number of carbonyl (C=O) groups is 1. The first-order chi connectivity index (χ1) is 12.7. The molecule has 1 aliphatic rings. The molecule has 2 aromatic rings. The van der Waals surface area contributed by atoms with Crippen LogP contribution in [0.5, 0.6) is 5.75 Å². The molecule has 0 unspecified atom stereocenters. The zero-order valence-electron chi connectivity index (χ0n) is 15.2. The summed E-state index contributed by atoms with van der Waals surface area (Å²) >= 11 is 1.56. The van der Waals surface area contributed by atoms with Crippen molar-refractivity contribution < 1.29 is 14.3 Å². The third-order valence-corrected chi connectivity index (χ3v) is 5.17. The molecule has 7 heteroatoms. The molecule has 0 aliphatic carbocycles. The minimum absolute atomic E-state index is 0.0689. The molecule has 6 nitrogen and oxygen atoms in total. The van der Waals surface area contributed by atoms with Crippen LogP contribution in [0.1, 0.15) is 35.6 Å². The fourth-order valence-corrected chi connectivity index (χ4v) is 3.51. The van der Waals surface area contributed by atoms with Crippen LogP contribution in [0.2, 0.25) is 0 Å². The lowest BCUT2D eigenvalue weighted by molar-refractivity contribution is -0.0155. The molecule has 1 aliphatic heterocycles. The van der Waals surface area contributed by atoms with Gasteiger partial charge in [0.2, 0.25) is 0 Å². The molecular formula is C19H25N3O3S. The van der Waals surface area contributed by atoms with Crippen molar-refractivity contribution in [2.75, 3.05) is 26.3 Å². The molecule has 1 N–H and O–H groups in total. The number of nitrogens with zero attached hydrogens (tertiary/aromatic N) is 2. The molecular weight excluding hydrogens is 350 g/mol. The van der Waals surface area contributed by atoms with Crippen molar-refractivity contribution in [2.24, 2.45) is 0 Å². The Balaban J connectivity index is 1.53. The summed E-state index contributed by atoms with van der Waals surface area (Å²) in [5.41, 5.74) is 2.20. The lowest BCUT2D eigenvalue weighted by Crippen LogP contribution is -2.47. The van der Waals surface area contributed by atoms with E-state index in [4.69, 9.17) is 9.47 Å². The van der Waals surface area contributed by atoms with Crippen molar-refractivity contribution in [3.63, 3.8) is 0 Å². The Morgan fingerprint density at radius 3 is 3.12 bits per heavy atom. The Hall–Kier alpha value is -2.12. The molecule has 140 valence electrons. The van der Waals surface area contributed by atoms with E-state index in [0.29, 0.717) is 32.8 Å². The zero-order chi connectivity index (χ0) is 18.4. The molecule has 0 saturated carbocycles. The largest absolute Gasteiger partial charge is 0.494 e. The summed E-state index contributed by atoms with van der Waals surface area (Å²) < 4.78 is 11.4. The Bertz CT molecular complexity index is 721. The Kier molecular flexibility index (Phi) is 6.46. The Morgan fingerprint density at radius 2 is 2.38 bits per heavy atom. The zero-order valence-corrected chi connectivity index (χ0v) is 16.1. The maximum atomic E-state index is 12.5. The number of nitrogens with one attached hydrogen (secondary N) is 1. The van der Waals surface area contributed by atoms with Crippen molar-refractivity contribution in [3.05, 3.63) is 45.9 Å². The van der Waals surface area contributed by atoms with Crippen molar-refractivity contribution in [2.45, 2.75) is 32.9 Å². The molecule has 1 aromatic heterocycles. The van der Waals surface area contributed by atoms with Crippen LogP contribution < -0.4 is 10.1 Å². The van der Waals surface area contributed by atoms with E-state index in [1.807, 2.05) is 30.5 Å². The van der Waals surface area contributed by atoms with Crippen LogP contribution in [0.25, 0.3) is 0 Å². The van der Waals surface area contributed by atoms with Crippen LogP contribution in [0.4, 0.5) is 4.79 Å². The summed E-state index contributed by atoms with van der Waals surface area (Å²) in [4.78, 5) is 18.6. The first kappa shape index (κ1) is 18.7. The molecule has 1 atom stereocenters. The maximum Gasteiger partial charge on any atom is 0.317 e. The predicted octanol–water partition coefficient (Wildman–Crippen LogP) is 3.52. The van der Waals surface area contributed by atoms with Gasteiger partial charge in [-0.3, -0.25) is 0 Å². The number of rotatable bonds is 6. The number of hydrogen-bond donors (Lipinski definition) is 1. The summed E-state index contributed by atoms with van der Waals surface area (Å²) in [6.45, 7) is 6.98. The topological polar surface area (TPSA) is 63.7 Å². The average Bonchev–Trinajstić information content (AvgIpc) is 3.20. The second-order valence-corrected chi connectivity index (χ2v) is 7.20. The standard InChI is InChI=1S/C19H25N3O3S/c1-3-8-24-16-5-4-15(14(2)11-16)12-21-19(23)22-7-9-25-17(13-22)18-20-6-10-26-18/h4-6,10-11,17H,3,7-9,12-13H2,1-2H3,(H,21,23)/t17-/m1/s1. The van der Waals surface area contributed by atoms with Crippen LogP contribution in [0.15, 0.2) is 29.8 Å². The van der Waals surface area contributed by atoms with Crippen LogP contribution in [0, 0.1) is 6.92 Å². The Morgan fingerprint density at radius 1 is 1.50 bits per heavy atom. The van der Waals surface area contributed by atoms with E-state index in [-0.39, 0.29) is 12.1 Å². The average molecular weight is 375 g/mol. The number of hydrogen-bond acceptors (Lipinski definition) is 5. The minimum atomic E-state index is -0.133. The summed E-state index contributed by atoms with van der Waals surface area (Å²) in [5, 5.41) is 5.85. The van der Waals surface area contributed by atoms with Crippen molar-refractivity contribution in [1.82, 2.24) is 15.2 Å². The maximum absolute atomic E-state index is 12.5. The fourth-order valence-electron chi connectivity index (χ4n) is 2.84. The number of amides is 2. The van der Waals surface area contributed by atoms with E-state index in [2.05, 4.69) is 17.2 Å². The molecule has 3 rings (SSSR count). The van der Waals surface area contributed by atoms with Crippen molar-refractivity contribution in [3.8, 4) is 5.75 Å². The van der Waals surface area contributed by atoms with Crippen LogP contribution in [0.3, 0.4) is 0 Å². The lowest BCUT2D eigenvalue weighted by Gasteiger charge is -2.32. The number of carbonyl (C=O) groups excluding carboxylic acids is 1. The molecule has 2 amide bonds. The minimum Gasteiger partial charge on any atom is -0.494 e. The predicted molar refractivity (Wildman–Crippen MR) is 102 cm³/mol. The van der Waals surface area contributed by atoms with Gasteiger partial charge in [0, 0.05) is 24.7 Å². The van der Waals surface area contributed by atoms with Gasteiger partial charge in [0.25, 0.3) is 0 Å². The van der Waals surface area contributed by atoms with Gasteiger partial charge in [-0.05, 0) is 36.6 Å². The lowest BCUT2D eigenvalue weighted by atomic mass is 10.1. The second-order valence-electron chi connectivity index (χ2n) is 6.27. The van der Waals surface area contributed by atoms with Crippen molar-refractivity contribution >= 4 is 17.4 Å². The molecule has 1 saturated heterocycles. The molecule has 0 spiro atoms. The number of aromatic nitrogens is 1. The van der Waals surface area contributed by atoms with Gasteiger partial charge in [0.05, 0.1) is 19.8 Å². The molecule has 0 bridgehead atoms. The van der Waals surface area contributed by atoms with E-state index >= 15 is 0 Å². The summed E-state index contributed by atoms with van der Waals surface area (Å²) in [7, 11) is 0. The van der Waals surface area contributed by atoms with Gasteiger partial charge >= 0.3 is 6.03 Å². The number of morpholine rings is 1. The number of thiazole rings is 1. The molecule has 1 aromatic carbocycles. The SMILES string of the molecule is CCCOc1ccc(CNC(=O)N2CCO[C@@H](c3nccs3)C2)c(C)c1. The summed E-state index contributed by atoms with van der Waals surface area (Å²) in [6, 6.07) is 5.92. The number of benzene rings is 1. The van der Waals surface area contributed by atoms with E-state index < -0.39 is 0 Å². The van der Waals surface area contributed by atoms with E-state index in [9.17, 15) is 4.79 Å². The highest BCUT2D eigenvalue weighted by Crippen LogP contribution is 2.24.